The lowest BCUT2D eigenvalue weighted by Crippen LogP contribution is -2.55. The van der Waals surface area contributed by atoms with Crippen molar-refractivity contribution in [2.45, 2.75) is 84.6 Å². The summed E-state index contributed by atoms with van der Waals surface area (Å²) >= 11 is 0. The van der Waals surface area contributed by atoms with Gasteiger partial charge in [0.05, 0.1) is 0 Å². The largest absolute Gasteiger partial charge is 0.325 e. The molecule has 0 radical (unpaired) electrons. The predicted molar refractivity (Wildman–Crippen MR) is 79.5 cm³/mol. The van der Waals surface area contributed by atoms with Gasteiger partial charge in [-0.3, -0.25) is 0 Å². The highest BCUT2D eigenvalue weighted by molar-refractivity contribution is 5.01. The van der Waals surface area contributed by atoms with Crippen LogP contribution in [0.3, 0.4) is 0 Å². The molecule has 2 N–H and O–H groups in total. The Balaban J connectivity index is 2.09. The fourth-order valence-corrected chi connectivity index (χ4v) is 5.19. The van der Waals surface area contributed by atoms with Crippen LogP contribution in [0.5, 0.6) is 0 Å². The zero-order chi connectivity index (χ0) is 13.4. The lowest BCUT2D eigenvalue weighted by molar-refractivity contribution is 0.0411. The van der Waals surface area contributed by atoms with Crippen LogP contribution in [0.4, 0.5) is 0 Å². The van der Waals surface area contributed by atoms with Gasteiger partial charge < -0.3 is 5.73 Å². The number of hydrogen-bond acceptors (Lipinski definition) is 1. The summed E-state index contributed by atoms with van der Waals surface area (Å²) in [6.07, 6.45) is 10.9. The van der Waals surface area contributed by atoms with Crippen LogP contribution in [-0.2, 0) is 0 Å². The normalized spacial score (nSPS) is 44.8. The van der Waals surface area contributed by atoms with E-state index < -0.39 is 0 Å². The minimum atomic E-state index is 0.134. The van der Waals surface area contributed by atoms with E-state index >= 15 is 0 Å². The van der Waals surface area contributed by atoms with E-state index in [9.17, 15) is 0 Å². The molecule has 0 aromatic rings. The first kappa shape index (κ1) is 14.4. The lowest BCUT2D eigenvalue weighted by Gasteiger charge is -2.51. The monoisotopic (exact) mass is 251 g/mol. The van der Waals surface area contributed by atoms with Gasteiger partial charge in [0.25, 0.3) is 0 Å². The van der Waals surface area contributed by atoms with Crippen molar-refractivity contribution in [3.05, 3.63) is 0 Å². The van der Waals surface area contributed by atoms with E-state index in [-0.39, 0.29) is 5.54 Å². The van der Waals surface area contributed by atoms with E-state index in [4.69, 9.17) is 5.73 Å². The van der Waals surface area contributed by atoms with Crippen LogP contribution < -0.4 is 5.73 Å². The minimum Gasteiger partial charge on any atom is -0.325 e. The third-order valence-corrected chi connectivity index (χ3v) is 5.61. The molecule has 4 unspecified atom stereocenters. The van der Waals surface area contributed by atoms with Gasteiger partial charge in [-0.1, -0.05) is 47.0 Å². The number of hydrogen-bond donors (Lipinski definition) is 1. The predicted octanol–water partition coefficient (Wildman–Crippen LogP) is 4.75. The third kappa shape index (κ3) is 3.10. The van der Waals surface area contributed by atoms with Crippen LogP contribution in [0.15, 0.2) is 0 Å². The molecule has 0 heterocycles. The first-order valence-corrected chi connectivity index (χ1v) is 8.13. The highest BCUT2D eigenvalue weighted by atomic mass is 14.8. The summed E-state index contributed by atoms with van der Waals surface area (Å²) < 4.78 is 0. The molecule has 1 nitrogen and oxygen atoms in total. The van der Waals surface area contributed by atoms with Crippen molar-refractivity contribution in [3.63, 3.8) is 0 Å². The van der Waals surface area contributed by atoms with Gasteiger partial charge in [-0.25, -0.2) is 0 Å². The second kappa shape index (κ2) is 5.15. The zero-order valence-corrected chi connectivity index (χ0v) is 13.0. The average molecular weight is 251 g/mol. The summed E-state index contributed by atoms with van der Waals surface area (Å²) in [5.74, 6) is 2.54. The second-order valence-corrected chi connectivity index (χ2v) is 8.23. The quantitative estimate of drug-likeness (QED) is 0.753. The van der Waals surface area contributed by atoms with Gasteiger partial charge in [-0.2, -0.15) is 0 Å². The van der Waals surface area contributed by atoms with Crippen molar-refractivity contribution in [3.8, 4) is 0 Å². The Morgan fingerprint density at radius 1 is 1.17 bits per heavy atom. The minimum absolute atomic E-state index is 0.134. The summed E-state index contributed by atoms with van der Waals surface area (Å²) in [6.45, 7) is 9.60. The molecule has 0 aliphatic heterocycles. The highest BCUT2D eigenvalue weighted by Gasteiger charge is 2.45. The van der Waals surface area contributed by atoms with Gasteiger partial charge in [0.15, 0.2) is 0 Å². The molecule has 4 atom stereocenters. The Labute approximate surface area is 114 Å². The summed E-state index contributed by atoms with van der Waals surface area (Å²) in [6, 6.07) is 0. The van der Waals surface area contributed by atoms with E-state index in [0.717, 1.165) is 17.8 Å². The summed E-state index contributed by atoms with van der Waals surface area (Å²) in [5, 5.41) is 0. The van der Waals surface area contributed by atoms with Crippen molar-refractivity contribution in [2.75, 3.05) is 0 Å². The molecule has 1 heteroatoms. The van der Waals surface area contributed by atoms with Crippen LogP contribution in [0, 0.1) is 23.2 Å². The molecule has 0 spiro atoms. The van der Waals surface area contributed by atoms with Crippen LogP contribution in [-0.4, -0.2) is 5.54 Å². The molecule has 0 bridgehead atoms. The Bertz CT molecular complexity index is 283. The fourth-order valence-electron chi connectivity index (χ4n) is 5.19. The molecule has 0 aromatic carbocycles. The molecular weight excluding hydrogens is 218 g/mol. The van der Waals surface area contributed by atoms with Gasteiger partial charge >= 0.3 is 0 Å². The standard InChI is InChI=1S/C17H33N/c1-5-14-7-6-8-15(9-14)17(18)11-13(2)10-16(3,4)12-17/h13-15H,5-12,18H2,1-4H3. The maximum absolute atomic E-state index is 6.92. The molecule has 2 fully saturated rings. The van der Waals surface area contributed by atoms with Gasteiger partial charge in [-0.15, -0.1) is 0 Å². The smallest absolute Gasteiger partial charge is 0.0190 e. The lowest BCUT2D eigenvalue weighted by atomic mass is 9.57. The van der Waals surface area contributed by atoms with E-state index in [1.54, 1.807) is 0 Å². The molecule has 0 amide bonds. The molecule has 0 aromatic heterocycles. The molecule has 106 valence electrons. The summed E-state index contributed by atoms with van der Waals surface area (Å²) in [7, 11) is 0. The van der Waals surface area contributed by atoms with Crippen molar-refractivity contribution in [1.82, 2.24) is 0 Å². The summed E-state index contributed by atoms with van der Waals surface area (Å²) in [4.78, 5) is 0. The van der Waals surface area contributed by atoms with E-state index in [2.05, 4.69) is 27.7 Å². The van der Waals surface area contributed by atoms with Gasteiger partial charge in [0, 0.05) is 5.54 Å². The van der Waals surface area contributed by atoms with Crippen LogP contribution in [0.25, 0.3) is 0 Å². The Morgan fingerprint density at radius 3 is 2.50 bits per heavy atom. The molecule has 2 saturated carbocycles. The molecule has 2 aliphatic carbocycles. The Hall–Kier alpha value is -0.0400. The molecular formula is C17H33N. The van der Waals surface area contributed by atoms with E-state index in [1.807, 2.05) is 0 Å². The first-order valence-electron chi connectivity index (χ1n) is 8.13. The zero-order valence-electron chi connectivity index (χ0n) is 13.0. The van der Waals surface area contributed by atoms with Crippen LogP contribution in [0.2, 0.25) is 0 Å². The fraction of sp³-hybridized carbons (Fsp3) is 1.00. The summed E-state index contributed by atoms with van der Waals surface area (Å²) in [5.41, 5.74) is 7.50. The maximum Gasteiger partial charge on any atom is 0.0190 e. The van der Waals surface area contributed by atoms with Gasteiger partial charge in [-0.05, 0) is 55.3 Å². The van der Waals surface area contributed by atoms with Crippen LogP contribution >= 0.6 is 0 Å². The first-order chi connectivity index (χ1) is 8.35. The second-order valence-electron chi connectivity index (χ2n) is 8.23. The van der Waals surface area contributed by atoms with Gasteiger partial charge in [0.2, 0.25) is 0 Å². The highest BCUT2D eigenvalue weighted by Crippen LogP contribution is 2.49. The van der Waals surface area contributed by atoms with Gasteiger partial charge in [0.1, 0.15) is 0 Å². The molecule has 0 saturated heterocycles. The van der Waals surface area contributed by atoms with Crippen molar-refractivity contribution in [1.29, 1.82) is 0 Å². The Morgan fingerprint density at radius 2 is 1.89 bits per heavy atom. The third-order valence-electron chi connectivity index (χ3n) is 5.61. The van der Waals surface area contributed by atoms with Crippen molar-refractivity contribution < 1.29 is 0 Å². The maximum atomic E-state index is 6.92. The molecule has 2 rings (SSSR count). The number of rotatable bonds is 2. The van der Waals surface area contributed by atoms with Crippen molar-refractivity contribution >= 4 is 0 Å². The Kier molecular flexibility index (Phi) is 4.11. The molecule has 2 aliphatic rings. The number of nitrogens with two attached hydrogens (primary N) is 1. The van der Waals surface area contributed by atoms with Crippen LogP contribution in [0.1, 0.15) is 79.1 Å². The van der Waals surface area contributed by atoms with Crippen molar-refractivity contribution in [2.24, 2.45) is 28.9 Å². The average Bonchev–Trinajstić information content (AvgIpc) is 2.26. The molecule has 18 heavy (non-hydrogen) atoms. The topological polar surface area (TPSA) is 26.0 Å². The SMILES string of the molecule is CCC1CCCC(C2(N)CC(C)CC(C)(C)C2)C1. The van der Waals surface area contributed by atoms with E-state index in [0.29, 0.717) is 5.41 Å². The van der Waals surface area contributed by atoms with E-state index in [1.165, 1.54) is 51.4 Å².